The second-order valence-electron chi connectivity index (χ2n) is 4.32. The number of halogens is 1. The van der Waals surface area contributed by atoms with Gasteiger partial charge in [0.1, 0.15) is 5.82 Å². The molecule has 1 heterocycles. The summed E-state index contributed by atoms with van der Waals surface area (Å²) in [5.74, 6) is -1.18. The molecule has 0 bridgehead atoms. The predicted octanol–water partition coefficient (Wildman–Crippen LogP) is 0.698. The Morgan fingerprint density at radius 3 is 2.76 bits per heavy atom. The van der Waals surface area contributed by atoms with Gasteiger partial charge in [0.05, 0.1) is 11.2 Å². The van der Waals surface area contributed by atoms with Crippen LogP contribution in [0.3, 0.4) is 0 Å². The molecule has 1 aromatic carbocycles. The fourth-order valence-electron chi connectivity index (χ4n) is 1.67. The zero-order chi connectivity index (χ0) is 15.5. The van der Waals surface area contributed by atoms with Crippen LogP contribution in [0.5, 0.6) is 0 Å². The van der Waals surface area contributed by atoms with Crippen molar-refractivity contribution in [1.82, 2.24) is 9.55 Å². The molecule has 0 aliphatic carbocycles. The Labute approximate surface area is 120 Å². The molecule has 0 aliphatic heterocycles. The highest BCUT2D eigenvalue weighted by molar-refractivity contribution is 7.89. The summed E-state index contributed by atoms with van der Waals surface area (Å²) in [6.45, 7) is 0.406. The van der Waals surface area contributed by atoms with E-state index in [2.05, 4.69) is 10.3 Å². The van der Waals surface area contributed by atoms with Crippen molar-refractivity contribution in [2.75, 3.05) is 5.32 Å². The highest BCUT2D eigenvalue weighted by Crippen LogP contribution is 2.17. The van der Waals surface area contributed by atoms with E-state index in [0.29, 0.717) is 6.54 Å². The molecule has 0 radical (unpaired) electrons. The summed E-state index contributed by atoms with van der Waals surface area (Å²) >= 11 is 0. The van der Waals surface area contributed by atoms with Crippen molar-refractivity contribution in [3.63, 3.8) is 0 Å². The molecule has 1 amide bonds. The first-order valence-corrected chi connectivity index (χ1v) is 7.48. The standard InChI is InChI=1S/C12H13FN4O3S/c13-9-5-10(7-11(6-9)21(14,19)20)16-12(18)1-3-17-4-2-15-8-17/h2,4-8H,1,3H2,(H,16,18)(H2,14,19,20). The van der Waals surface area contributed by atoms with Gasteiger partial charge >= 0.3 is 0 Å². The minimum Gasteiger partial charge on any atom is -0.337 e. The lowest BCUT2D eigenvalue weighted by atomic mass is 10.3. The van der Waals surface area contributed by atoms with Crippen LogP contribution in [-0.4, -0.2) is 23.9 Å². The maximum absolute atomic E-state index is 13.3. The van der Waals surface area contributed by atoms with E-state index in [0.717, 1.165) is 18.2 Å². The minimum absolute atomic E-state index is 0.0367. The Hall–Kier alpha value is -2.26. The largest absolute Gasteiger partial charge is 0.337 e. The van der Waals surface area contributed by atoms with Crippen molar-refractivity contribution in [2.24, 2.45) is 5.14 Å². The number of benzene rings is 1. The van der Waals surface area contributed by atoms with E-state index >= 15 is 0 Å². The number of sulfonamides is 1. The van der Waals surface area contributed by atoms with Crippen molar-refractivity contribution < 1.29 is 17.6 Å². The lowest BCUT2D eigenvalue weighted by Crippen LogP contribution is -2.16. The van der Waals surface area contributed by atoms with Crippen molar-refractivity contribution in [2.45, 2.75) is 17.9 Å². The molecule has 1 aromatic heterocycles. The maximum Gasteiger partial charge on any atom is 0.238 e. The predicted molar refractivity (Wildman–Crippen MR) is 73.2 cm³/mol. The smallest absolute Gasteiger partial charge is 0.238 e. The Morgan fingerprint density at radius 2 is 2.14 bits per heavy atom. The van der Waals surface area contributed by atoms with Crippen molar-refractivity contribution >= 4 is 21.6 Å². The summed E-state index contributed by atoms with van der Waals surface area (Å²) in [4.78, 5) is 15.2. The van der Waals surface area contributed by atoms with E-state index in [-0.39, 0.29) is 18.0 Å². The number of rotatable bonds is 5. The molecule has 0 spiro atoms. The zero-order valence-electron chi connectivity index (χ0n) is 10.9. The molecule has 0 fully saturated rings. The summed E-state index contributed by atoms with van der Waals surface area (Å²) in [6.07, 6.45) is 4.99. The SMILES string of the molecule is NS(=O)(=O)c1cc(F)cc(NC(=O)CCn2ccnc2)c1. The highest BCUT2D eigenvalue weighted by Gasteiger charge is 2.12. The topological polar surface area (TPSA) is 107 Å². The van der Waals surface area contributed by atoms with E-state index < -0.39 is 20.7 Å². The monoisotopic (exact) mass is 312 g/mol. The summed E-state index contributed by atoms with van der Waals surface area (Å²) in [5.41, 5.74) is 0.0367. The third-order valence-corrected chi connectivity index (χ3v) is 3.53. The Bertz CT molecular complexity index is 744. The minimum atomic E-state index is -4.04. The molecule has 21 heavy (non-hydrogen) atoms. The normalized spacial score (nSPS) is 11.3. The van der Waals surface area contributed by atoms with Gasteiger partial charge in [0, 0.05) is 31.0 Å². The summed E-state index contributed by atoms with van der Waals surface area (Å²) < 4.78 is 37.4. The van der Waals surface area contributed by atoms with Crippen molar-refractivity contribution in [1.29, 1.82) is 0 Å². The number of amides is 1. The van der Waals surface area contributed by atoms with Gasteiger partial charge in [-0.2, -0.15) is 0 Å². The van der Waals surface area contributed by atoms with E-state index in [1.54, 1.807) is 23.3 Å². The van der Waals surface area contributed by atoms with Crippen LogP contribution in [0.2, 0.25) is 0 Å². The second kappa shape index (κ2) is 6.02. The number of aromatic nitrogens is 2. The number of carbonyl (C=O) groups is 1. The molecule has 0 saturated carbocycles. The van der Waals surface area contributed by atoms with E-state index in [1.165, 1.54) is 0 Å². The van der Waals surface area contributed by atoms with Gasteiger partial charge in [0.25, 0.3) is 0 Å². The molecule has 0 aliphatic rings. The Balaban J connectivity index is 2.05. The fourth-order valence-corrected chi connectivity index (χ4v) is 2.24. The van der Waals surface area contributed by atoms with Crippen LogP contribution in [0.25, 0.3) is 0 Å². The van der Waals surface area contributed by atoms with Crippen LogP contribution < -0.4 is 10.5 Å². The van der Waals surface area contributed by atoms with Gasteiger partial charge in [0.2, 0.25) is 15.9 Å². The number of aryl methyl sites for hydroxylation is 1. The molecule has 0 saturated heterocycles. The van der Waals surface area contributed by atoms with Crippen LogP contribution in [-0.2, 0) is 21.4 Å². The zero-order valence-corrected chi connectivity index (χ0v) is 11.7. The average Bonchev–Trinajstić information content (AvgIpc) is 2.87. The lowest BCUT2D eigenvalue weighted by Gasteiger charge is -2.07. The van der Waals surface area contributed by atoms with Gasteiger partial charge in [-0.3, -0.25) is 4.79 Å². The summed E-state index contributed by atoms with van der Waals surface area (Å²) in [5, 5.41) is 7.36. The van der Waals surface area contributed by atoms with Gasteiger partial charge in [-0.25, -0.2) is 22.9 Å². The van der Waals surface area contributed by atoms with Gasteiger partial charge in [-0.1, -0.05) is 0 Å². The molecule has 2 aromatic rings. The number of hydrogen-bond acceptors (Lipinski definition) is 4. The summed E-state index contributed by atoms with van der Waals surface area (Å²) in [7, 11) is -4.04. The molecule has 112 valence electrons. The second-order valence-corrected chi connectivity index (χ2v) is 5.88. The molecular formula is C12H13FN4O3S. The van der Waals surface area contributed by atoms with Crippen LogP contribution in [0.4, 0.5) is 10.1 Å². The van der Waals surface area contributed by atoms with Gasteiger partial charge < -0.3 is 9.88 Å². The quantitative estimate of drug-likeness (QED) is 0.847. The molecule has 3 N–H and O–H groups in total. The first-order chi connectivity index (χ1) is 9.84. The third-order valence-electron chi connectivity index (χ3n) is 2.64. The van der Waals surface area contributed by atoms with Crippen LogP contribution in [0, 0.1) is 5.82 Å². The molecule has 7 nitrogen and oxygen atoms in total. The number of nitrogens with one attached hydrogen (secondary N) is 1. The Morgan fingerprint density at radius 1 is 1.38 bits per heavy atom. The molecule has 9 heteroatoms. The number of nitrogens with two attached hydrogens (primary N) is 1. The maximum atomic E-state index is 13.3. The number of hydrogen-bond donors (Lipinski definition) is 2. The number of anilines is 1. The van der Waals surface area contributed by atoms with Crippen molar-refractivity contribution in [3.05, 3.63) is 42.7 Å². The van der Waals surface area contributed by atoms with E-state index in [1.807, 2.05) is 0 Å². The first kappa shape index (κ1) is 15.1. The Kier molecular flexibility index (Phi) is 4.34. The van der Waals surface area contributed by atoms with Gasteiger partial charge in [0.15, 0.2) is 0 Å². The van der Waals surface area contributed by atoms with Crippen molar-refractivity contribution in [3.8, 4) is 0 Å². The van der Waals surface area contributed by atoms with E-state index in [4.69, 9.17) is 5.14 Å². The number of primary sulfonamides is 1. The number of imidazole rings is 1. The van der Waals surface area contributed by atoms with Gasteiger partial charge in [-0.05, 0) is 18.2 Å². The number of carbonyl (C=O) groups excluding carboxylic acids is 1. The molecule has 2 rings (SSSR count). The summed E-state index contributed by atoms with van der Waals surface area (Å²) in [6, 6.07) is 2.91. The van der Waals surface area contributed by atoms with Crippen LogP contribution in [0.15, 0.2) is 41.8 Å². The fraction of sp³-hybridized carbons (Fsp3) is 0.167. The average molecular weight is 312 g/mol. The molecular weight excluding hydrogens is 299 g/mol. The number of nitrogens with zero attached hydrogens (tertiary/aromatic N) is 2. The first-order valence-electron chi connectivity index (χ1n) is 5.93. The van der Waals surface area contributed by atoms with Crippen LogP contribution in [0.1, 0.15) is 6.42 Å². The van der Waals surface area contributed by atoms with E-state index in [9.17, 15) is 17.6 Å². The molecule has 0 unspecified atom stereocenters. The highest BCUT2D eigenvalue weighted by atomic mass is 32.2. The molecule has 0 atom stereocenters. The van der Waals surface area contributed by atoms with Gasteiger partial charge in [-0.15, -0.1) is 0 Å². The van der Waals surface area contributed by atoms with Crippen LogP contribution >= 0.6 is 0 Å². The lowest BCUT2D eigenvalue weighted by molar-refractivity contribution is -0.116. The third kappa shape index (κ3) is 4.36.